The highest BCUT2D eigenvalue weighted by molar-refractivity contribution is 6.32. The van der Waals surface area contributed by atoms with E-state index in [1.54, 1.807) is 30.7 Å². The highest BCUT2D eigenvalue weighted by atomic mass is 35.5. The van der Waals surface area contributed by atoms with Crippen molar-refractivity contribution in [3.63, 3.8) is 0 Å². The van der Waals surface area contributed by atoms with E-state index in [9.17, 15) is 14.4 Å². The van der Waals surface area contributed by atoms with Gasteiger partial charge in [0.25, 0.3) is 5.56 Å². The lowest BCUT2D eigenvalue weighted by Crippen LogP contribution is -2.31. The smallest absolute Gasteiger partial charge is 0.336 e. The number of hydrogen-bond acceptors (Lipinski definition) is 6. The Morgan fingerprint density at radius 2 is 2.00 bits per heavy atom. The molecule has 1 aromatic carbocycles. The molecule has 31 heavy (non-hydrogen) atoms. The second-order valence-electron chi connectivity index (χ2n) is 7.34. The molecule has 10 heteroatoms. The van der Waals surface area contributed by atoms with Gasteiger partial charge >= 0.3 is 11.3 Å². The Morgan fingerprint density at radius 1 is 1.23 bits per heavy atom. The quantitative estimate of drug-likeness (QED) is 0.457. The van der Waals surface area contributed by atoms with E-state index in [-0.39, 0.29) is 6.61 Å². The van der Waals surface area contributed by atoms with Crippen LogP contribution in [0.5, 0.6) is 5.75 Å². The van der Waals surface area contributed by atoms with Crippen molar-refractivity contribution < 1.29 is 9.15 Å². The first-order valence-corrected chi connectivity index (χ1v) is 10.2. The van der Waals surface area contributed by atoms with Crippen LogP contribution in [0, 0.1) is 6.92 Å². The average molecular weight is 445 g/mol. The van der Waals surface area contributed by atoms with Crippen molar-refractivity contribution in [2.45, 2.75) is 39.8 Å². The Kier molecular flexibility index (Phi) is 5.45. The molecule has 0 saturated carbocycles. The van der Waals surface area contributed by atoms with Crippen LogP contribution in [0.3, 0.4) is 0 Å². The van der Waals surface area contributed by atoms with E-state index < -0.39 is 16.9 Å². The zero-order valence-electron chi connectivity index (χ0n) is 17.3. The van der Waals surface area contributed by atoms with Crippen LogP contribution in [0.25, 0.3) is 22.1 Å². The van der Waals surface area contributed by atoms with Crippen LogP contribution in [0.4, 0.5) is 0 Å². The minimum Gasteiger partial charge on any atom is -0.484 e. The first-order valence-electron chi connectivity index (χ1n) is 9.85. The van der Waals surface area contributed by atoms with Crippen LogP contribution in [-0.2, 0) is 20.2 Å². The van der Waals surface area contributed by atoms with Gasteiger partial charge in [-0.1, -0.05) is 24.9 Å². The lowest BCUT2D eigenvalue weighted by atomic mass is 10.1. The van der Waals surface area contributed by atoms with Crippen molar-refractivity contribution in [1.82, 2.24) is 19.1 Å². The molecular formula is C21H21ClN4O5. The van der Waals surface area contributed by atoms with Crippen molar-refractivity contribution in [3.05, 3.63) is 65.9 Å². The van der Waals surface area contributed by atoms with Crippen molar-refractivity contribution in [2.24, 2.45) is 7.05 Å². The Morgan fingerprint density at radius 3 is 2.74 bits per heavy atom. The highest BCUT2D eigenvalue weighted by Gasteiger charge is 2.17. The number of benzene rings is 1. The number of fused-ring (bicyclic) bond motifs is 2. The predicted octanol–water partition coefficient (Wildman–Crippen LogP) is 2.87. The molecule has 0 saturated heterocycles. The van der Waals surface area contributed by atoms with E-state index in [1.807, 2.05) is 6.92 Å². The number of aromatic nitrogens is 4. The zero-order valence-corrected chi connectivity index (χ0v) is 18.1. The van der Waals surface area contributed by atoms with E-state index in [2.05, 4.69) is 9.97 Å². The maximum Gasteiger partial charge on any atom is 0.336 e. The molecular weight excluding hydrogens is 424 g/mol. The van der Waals surface area contributed by atoms with Crippen LogP contribution >= 0.6 is 11.6 Å². The van der Waals surface area contributed by atoms with Gasteiger partial charge < -0.3 is 13.7 Å². The van der Waals surface area contributed by atoms with Crippen LogP contribution < -0.4 is 21.6 Å². The number of nitrogens with one attached hydrogen (secondary N) is 1. The van der Waals surface area contributed by atoms with Crippen LogP contribution in [0.2, 0.25) is 5.02 Å². The maximum absolute atomic E-state index is 12.4. The summed E-state index contributed by atoms with van der Waals surface area (Å²) in [6.45, 7) is 4.26. The molecule has 0 aliphatic heterocycles. The number of aryl methyl sites for hydroxylation is 3. The van der Waals surface area contributed by atoms with Crippen molar-refractivity contribution in [3.8, 4) is 5.75 Å². The van der Waals surface area contributed by atoms with Gasteiger partial charge in [0.2, 0.25) is 0 Å². The molecule has 0 atom stereocenters. The van der Waals surface area contributed by atoms with E-state index in [1.165, 1.54) is 10.6 Å². The van der Waals surface area contributed by atoms with Crippen LogP contribution in [0.15, 0.2) is 37.0 Å². The summed E-state index contributed by atoms with van der Waals surface area (Å²) in [5.74, 6) is 0.755. The largest absolute Gasteiger partial charge is 0.484 e. The summed E-state index contributed by atoms with van der Waals surface area (Å²) in [5.41, 5.74) is 0.265. The number of unbranched alkanes of at least 4 members (excludes halogenated alkanes) is 1. The first kappa shape index (κ1) is 20.9. The minimum atomic E-state index is -0.505. The molecule has 0 aliphatic rings. The van der Waals surface area contributed by atoms with E-state index >= 15 is 0 Å². The SMILES string of the molecule is CCCCn1c(=O)[nH]c(=O)c2c1nc(COc1cc3oc(=O)cc(C)c3cc1Cl)n2C. The number of hydrogen-bond donors (Lipinski definition) is 1. The minimum absolute atomic E-state index is 0.00609. The summed E-state index contributed by atoms with van der Waals surface area (Å²) >= 11 is 6.36. The molecule has 0 bridgehead atoms. The van der Waals surface area contributed by atoms with Crippen molar-refractivity contribution in [2.75, 3.05) is 0 Å². The lowest BCUT2D eigenvalue weighted by Gasteiger charge is -2.09. The van der Waals surface area contributed by atoms with Gasteiger partial charge in [-0.05, 0) is 25.0 Å². The Bertz CT molecular complexity index is 1480. The standard InChI is InChI=1S/C21H21ClN4O5/c1-4-5-6-26-19-18(20(28)24-21(26)29)25(3)16(23-19)10-30-15-9-14-12(8-13(15)22)11(2)7-17(27)31-14/h7-9H,4-6,10H2,1-3H3,(H,24,28,29). The maximum atomic E-state index is 12.4. The number of nitrogens with zero attached hydrogens (tertiary/aromatic N) is 3. The molecule has 0 aliphatic carbocycles. The first-order chi connectivity index (χ1) is 14.8. The van der Waals surface area contributed by atoms with Crippen LogP contribution in [-0.4, -0.2) is 19.1 Å². The second-order valence-corrected chi connectivity index (χ2v) is 7.75. The molecule has 0 fully saturated rings. The summed E-state index contributed by atoms with van der Waals surface area (Å²) in [7, 11) is 1.68. The van der Waals surface area contributed by atoms with Gasteiger partial charge in [-0.25, -0.2) is 14.6 Å². The van der Waals surface area contributed by atoms with Gasteiger partial charge in [-0.3, -0.25) is 14.3 Å². The number of H-pyrrole nitrogens is 1. The Balaban J connectivity index is 1.73. The fraction of sp³-hybridized carbons (Fsp3) is 0.333. The molecule has 1 N–H and O–H groups in total. The molecule has 0 radical (unpaired) electrons. The topological polar surface area (TPSA) is 112 Å². The average Bonchev–Trinajstić information content (AvgIpc) is 3.03. The van der Waals surface area contributed by atoms with E-state index in [0.717, 1.165) is 18.4 Å². The highest BCUT2D eigenvalue weighted by Crippen LogP contribution is 2.31. The van der Waals surface area contributed by atoms with Gasteiger partial charge in [0.05, 0.1) is 5.02 Å². The molecule has 0 amide bonds. The summed E-state index contributed by atoms with van der Waals surface area (Å²) in [6.07, 6.45) is 1.67. The van der Waals surface area contributed by atoms with Gasteiger partial charge in [-0.2, -0.15) is 0 Å². The fourth-order valence-corrected chi connectivity index (χ4v) is 3.73. The molecule has 4 aromatic rings. The van der Waals surface area contributed by atoms with Crippen molar-refractivity contribution in [1.29, 1.82) is 0 Å². The number of imidazole rings is 1. The second kappa shape index (κ2) is 8.07. The summed E-state index contributed by atoms with van der Waals surface area (Å²) in [5, 5.41) is 1.06. The normalized spacial score (nSPS) is 11.5. The third-order valence-corrected chi connectivity index (χ3v) is 5.50. The monoisotopic (exact) mass is 444 g/mol. The van der Waals surface area contributed by atoms with Crippen molar-refractivity contribution >= 4 is 33.7 Å². The lowest BCUT2D eigenvalue weighted by molar-refractivity contribution is 0.292. The molecule has 4 rings (SSSR count). The summed E-state index contributed by atoms with van der Waals surface area (Å²) in [4.78, 5) is 43.1. The van der Waals surface area contributed by atoms with Crippen LogP contribution in [0.1, 0.15) is 31.2 Å². The van der Waals surface area contributed by atoms with Gasteiger partial charge in [-0.15, -0.1) is 0 Å². The van der Waals surface area contributed by atoms with Gasteiger partial charge in [0.1, 0.15) is 23.8 Å². The van der Waals surface area contributed by atoms with E-state index in [0.29, 0.717) is 45.3 Å². The number of halogens is 1. The number of rotatable bonds is 6. The molecule has 0 spiro atoms. The molecule has 0 unspecified atom stereocenters. The summed E-state index contributed by atoms with van der Waals surface area (Å²) in [6, 6.07) is 4.62. The summed E-state index contributed by atoms with van der Waals surface area (Å²) < 4.78 is 14.1. The zero-order chi connectivity index (χ0) is 22.3. The Hall–Kier alpha value is -3.33. The number of ether oxygens (including phenoxy) is 1. The fourth-order valence-electron chi connectivity index (χ4n) is 3.52. The molecule has 9 nitrogen and oxygen atoms in total. The van der Waals surface area contributed by atoms with Gasteiger partial charge in [0, 0.05) is 31.1 Å². The number of aromatic amines is 1. The van der Waals surface area contributed by atoms with Gasteiger partial charge in [0.15, 0.2) is 11.2 Å². The third-order valence-electron chi connectivity index (χ3n) is 5.20. The predicted molar refractivity (Wildman–Crippen MR) is 117 cm³/mol. The van der Waals surface area contributed by atoms with E-state index in [4.69, 9.17) is 20.8 Å². The molecule has 3 heterocycles. The molecule has 162 valence electrons. The molecule has 3 aromatic heterocycles. The Labute approximate surface area is 180 Å². The third kappa shape index (κ3) is 3.76.